The molecule has 1 unspecified atom stereocenters. The van der Waals surface area contributed by atoms with Crippen molar-refractivity contribution in [3.8, 4) is 0 Å². The normalized spacial score (nSPS) is 12.8. The summed E-state index contributed by atoms with van der Waals surface area (Å²) in [5.74, 6) is 1.15. The molecule has 0 aliphatic heterocycles. The van der Waals surface area contributed by atoms with Crippen LogP contribution in [-0.2, 0) is 26.9 Å². The summed E-state index contributed by atoms with van der Waals surface area (Å²) in [5, 5.41) is 8.12. The van der Waals surface area contributed by atoms with Gasteiger partial charge < -0.3 is 9.88 Å². The molecule has 2 rings (SSSR count). The highest BCUT2D eigenvalue weighted by atomic mass is 15.3. The van der Waals surface area contributed by atoms with E-state index >= 15 is 0 Å². The third-order valence-electron chi connectivity index (χ3n) is 4.24. The molecule has 2 aromatic rings. The smallest absolute Gasteiger partial charge is 0.108 e. The molecule has 1 atom stereocenters. The van der Waals surface area contributed by atoms with Crippen molar-refractivity contribution < 1.29 is 0 Å². The van der Waals surface area contributed by atoms with Crippen LogP contribution in [0.3, 0.4) is 0 Å². The summed E-state index contributed by atoms with van der Waals surface area (Å²) in [6.45, 7) is 7.40. The fourth-order valence-electron chi connectivity index (χ4n) is 2.86. The zero-order chi connectivity index (χ0) is 15.4. The lowest BCUT2D eigenvalue weighted by atomic mass is 10.00. The van der Waals surface area contributed by atoms with Crippen LogP contribution in [0, 0.1) is 13.8 Å². The third-order valence-corrected chi connectivity index (χ3v) is 4.24. The Morgan fingerprint density at radius 1 is 1.29 bits per heavy atom. The van der Waals surface area contributed by atoms with E-state index in [0.29, 0.717) is 6.04 Å². The zero-order valence-electron chi connectivity index (χ0n) is 13.8. The predicted octanol–water partition coefficient (Wildman–Crippen LogP) is 1.92. The van der Waals surface area contributed by atoms with Crippen molar-refractivity contribution in [1.82, 2.24) is 24.6 Å². The van der Waals surface area contributed by atoms with Crippen LogP contribution in [-0.4, -0.2) is 31.9 Å². The van der Waals surface area contributed by atoms with Crippen molar-refractivity contribution in [1.29, 1.82) is 0 Å². The van der Waals surface area contributed by atoms with Crippen LogP contribution in [0.1, 0.15) is 36.1 Å². The Labute approximate surface area is 127 Å². The molecule has 0 amide bonds. The van der Waals surface area contributed by atoms with Crippen LogP contribution >= 0.6 is 0 Å². The van der Waals surface area contributed by atoms with Crippen LogP contribution in [0.25, 0.3) is 0 Å². The molecular weight excluding hydrogens is 262 g/mol. The molecule has 5 nitrogen and oxygen atoms in total. The minimum absolute atomic E-state index is 0.466. The Morgan fingerprint density at radius 2 is 2.05 bits per heavy atom. The fourth-order valence-corrected chi connectivity index (χ4v) is 2.86. The van der Waals surface area contributed by atoms with Crippen LogP contribution < -0.4 is 5.32 Å². The third kappa shape index (κ3) is 3.73. The molecule has 5 heteroatoms. The lowest BCUT2D eigenvalue weighted by molar-refractivity contribution is 0.481. The van der Waals surface area contributed by atoms with Gasteiger partial charge in [-0.3, -0.25) is 4.68 Å². The Balaban J connectivity index is 2.03. The Hall–Kier alpha value is -1.62. The van der Waals surface area contributed by atoms with Crippen molar-refractivity contribution in [2.45, 2.75) is 46.1 Å². The minimum atomic E-state index is 0.466. The average molecular weight is 289 g/mol. The molecule has 0 fully saturated rings. The minimum Gasteiger partial charge on any atom is -0.338 e. The fraction of sp³-hybridized carbons (Fsp3) is 0.625. The molecule has 0 aliphatic carbocycles. The van der Waals surface area contributed by atoms with Crippen LogP contribution in [0.2, 0.25) is 0 Å². The van der Waals surface area contributed by atoms with E-state index in [9.17, 15) is 0 Å². The lowest BCUT2D eigenvalue weighted by Gasteiger charge is -2.18. The van der Waals surface area contributed by atoms with E-state index in [1.807, 2.05) is 24.1 Å². The zero-order valence-corrected chi connectivity index (χ0v) is 13.8. The maximum atomic E-state index is 4.52. The number of rotatable bonds is 7. The van der Waals surface area contributed by atoms with Gasteiger partial charge in [0.2, 0.25) is 0 Å². The predicted molar refractivity (Wildman–Crippen MR) is 85.4 cm³/mol. The summed E-state index contributed by atoms with van der Waals surface area (Å²) in [4.78, 5) is 4.41. The van der Waals surface area contributed by atoms with Crippen molar-refractivity contribution in [2.75, 3.05) is 6.54 Å². The SMILES string of the molecule is CCNC(CCc1nccn1C)Cc1c(C)nn(C)c1C. The second-order valence-electron chi connectivity index (χ2n) is 5.72. The average Bonchev–Trinajstić information content (AvgIpc) is 2.95. The number of imidazole rings is 1. The number of nitrogens with one attached hydrogen (secondary N) is 1. The van der Waals surface area contributed by atoms with Crippen molar-refractivity contribution in [2.24, 2.45) is 14.1 Å². The van der Waals surface area contributed by atoms with Crippen molar-refractivity contribution in [3.05, 3.63) is 35.2 Å². The first kappa shape index (κ1) is 15.8. The number of hydrogen-bond donors (Lipinski definition) is 1. The molecule has 0 spiro atoms. The molecule has 116 valence electrons. The van der Waals surface area contributed by atoms with E-state index in [1.54, 1.807) is 0 Å². The quantitative estimate of drug-likeness (QED) is 0.847. The van der Waals surface area contributed by atoms with E-state index in [-0.39, 0.29) is 0 Å². The summed E-state index contributed by atoms with van der Waals surface area (Å²) >= 11 is 0. The molecule has 2 heterocycles. The van der Waals surface area contributed by atoms with E-state index in [1.165, 1.54) is 11.3 Å². The van der Waals surface area contributed by atoms with E-state index in [4.69, 9.17) is 0 Å². The molecule has 2 aromatic heterocycles. The topological polar surface area (TPSA) is 47.7 Å². The lowest BCUT2D eigenvalue weighted by Crippen LogP contribution is -2.32. The van der Waals surface area contributed by atoms with Gasteiger partial charge >= 0.3 is 0 Å². The summed E-state index contributed by atoms with van der Waals surface area (Å²) in [6, 6.07) is 0.466. The maximum Gasteiger partial charge on any atom is 0.108 e. The standard InChI is InChI=1S/C16H27N5/c1-6-17-14(7-8-16-18-9-10-20(16)4)11-15-12(2)19-21(5)13(15)3/h9-10,14,17H,6-8,11H2,1-5H3. The van der Waals surface area contributed by atoms with Crippen molar-refractivity contribution >= 4 is 0 Å². The number of aryl methyl sites for hydroxylation is 4. The summed E-state index contributed by atoms with van der Waals surface area (Å²) < 4.78 is 4.08. The largest absolute Gasteiger partial charge is 0.338 e. The van der Waals surface area contributed by atoms with Gasteiger partial charge in [0.1, 0.15) is 5.82 Å². The monoisotopic (exact) mass is 289 g/mol. The molecule has 0 saturated heterocycles. The van der Waals surface area contributed by atoms with Crippen molar-refractivity contribution in [3.63, 3.8) is 0 Å². The molecule has 1 N–H and O–H groups in total. The molecule has 0 radical (unpaired) electrons. The molecule has 0 aromatic carbocycles. The van der Waals surface area contributed by atoms with Gasteiger partial charge in [-0.25, -0.2) is 4.98 Å². The Bertz CT molecular complexity index is 582. The van der Waals surface area contributed by atoms with Gasteiger partial charge in [0, 0.05) is 44.6 Å². The Morgan fingerprint density at radius 3 is 2.57 bits per heavy atom. The molecule has 0 bridgehead atoms. The van der Waals surface area contributed by atoms with Crippen LogP contribution in [0.4, 0.5) is 0 Å². The molecule has 0 aliphatic rings. The highest BCUT2D eigenvalue weighted by Crippen LogP contribution is 2.16. The van der Waals surface area contributed by atoms with E-state index in [2.05, 4.69) is 47.8 Å². The number of likely N-dealkylation sites (N-methyl/N-ethyl adjacent to an activating group) is 1. The summed E-state index contributed by atoms with van der Waals surface area (Å²) in [7, 11) is 4.07. The second-order valence-corrected chi connectivity index (χ2v) is 5.72. The van der Waals surface area contributed by atoms with Gasteiger partial charge in [-0.15, -0.1) is 0 Å². The first-order valence-electron chi connectivity index (χ1n) is 7.71. The van der Waals surface area contributed by atoms with Gasteiger partial charge in [-0.05, 0) is 38.8 Å². The number of aromatic nitrogens is 4. The van der Waals surface area contributed by atoms with E-state index in [0.717, 1.165) is 37.3 Å². The van der Waals surface area contributed by atoms with Crippen LogP contribution in [0.15, 0.2) is 12.4 Å². The number of nitrogens with zero attached hydrogens (tertiary/aromatic N) is 4. The Kier molecular flexibility index (Phi) is 5.17. The first-order valence-corrected chi connectivity index (χ1v) is 7.71. The molecular formula is C16H27N5. The summed E-state index contributed by atoms with van der Waals surface area (Å²) in [5.41, 5.74) is 3.80. The highest BCUT2D eigenvalue weighted by molar-refractivity contribution is 5.25. The number of hydrogen-bond acceptors (Lipinski definition) is 3. The second kappa shape index (κ2) is 6.89. The van der Waals surface area contributed by atoms with Gasteiger partial charge in [-0.2, -0.15) is 5.10 Å². The molecule has 0 saturated carbocycles. The van der Waals surface area contributed by atoms with Gasteiger partial charge in [0.15, 0.2) is 0 Å². The summed E-state index contributed by atoms with van der Waals surface area (Å²) in [6.07, 6.45) is 7.00. The highest BCUT2D eigenvalue weighted by Gasteiger charge is 2.16. The maximum absolute atomic E-state index is 4.52. The van der Waals surface area contributed by atoms with Gasteiger partial charge in [0.05, 0.1) is 5.69 Å². The van der Waals surface area contributed by atoms with Gasteiger partial charge in [-0.1, -0.05) is 6.92 Å². The van der Waals surface area contributed by atoms with Crippen LogP contribution in [0.5, 0.6) is 0 Å². The van der Waals surface area contributed by atoms with E-state index < -0.39 is 0 Å². The molecule has 21 heavy (non-hydrogen) atoms. The van der Waals surface area contributed by atoms with Gasteiger partial charge in [0.25, 0.3) is 0 Å². The first-order chi connectivity index (χ1) is 10.0.